The molecule has 94 valence electrons. The number of pyridine rings is 1. The van der Waals surface area contributed by atoms with Crippen molar-refractivity contribution in [3.8, 4) is 0 Å². The largest absolute Gasteiger partial charge is 0.384 e. The molecule has 0 bridgehead atoms. The van der Waals surface area contributed by atoms with E-state index in [4.69, 9.17) is 5.73 Å². The molecule has 4 nitrogen and oxygen atoms in total. The number of nitrogens with two attached hydrogens (primary N) is 1. The van der Waals surface area contributed by atoms with Crippen LogP contribution in [0.2, 0.25) is 0 Å². The summed E-state index contributed by atoms with van der Waals surface area (Å²) >= 11 is 0. The third kappa shape index (κ3) is 3.33. The molecule has 0 saturated carbocycles. The van der Waals surface area contributed by atoms with E-state index >= 15 is 0 Å². The normalized spacial score (nSPS) is 17.7. The van der Waals surface area contributed by atoms with E-state index in [-0.39, 0.29) is 0 Å². The number of nitrogens with zero attached hydrogens (tertiary/aromatic N) is 3. The van der Waals surface area contributed by atoms with Gasteiger partial charge in [0, 0.05) is 32.7 Å². The lowest BCUT2D eigenvalue weighted by Gasteiger charge is -2.36. The van der Waals surface area contributed by atoms with Gasteiger partial charge in [0.15, 0.2) is 0 Å². The zero-order valence-corrected chi connectivity index (χ0v) is 10.8. The van der Waals surface area contributed by atoms with Crippen LogP contribution in [0.5, 0.6) is 0 Å². The van der Waals surface area contributed by atoms with E-state index in [1.54, 1.807) is 0 Å². The van der Waals surface area contributed by atoms with Crippen molar-refractivity contribution in [3.05, 3.63) is 18.2 Å². The second-order valence-electron chi connectivity index (χ2n) is 5.10. The molecule has 1 saturated heterocycles. The van der Waals surface area contributed by atoms with Gasteiger partial charge in [0.25, 0.3) is 0 Å². The molecule has 2 N–H and O–H groups in total. The maximum absolute atomic E-state index is 5.71. The third-order valence-electron chi connectivity index (χ3n) is 3.08. The Morgan fingerprint density at radius 3 is 2.53 bits per heavy atom. The smallest absolute Gasteiger partial charge is 0.131 e. The van der Waals surface area contributed by atoms with Gasteiger partial charge in [-0.2, -0.15) is 0 Å². The van der Waals surface area contributed by atoms with Gasteiger partial charge in [-0.1, -0.05) is 19.9 Å². The van der Waals surface area contributed by atoms with Crippen molar-refractivity contribution in [1.82, 2.24) is 9.88 Å². The van der Waals surface area contributed by atoms with Crippen LogP contribution in [0.15, 0.2) is 18.2 Å². The van der Waals surface area contributed by atoms with Gasteiger partial charge >= 0.3 is 0 Å². The first-order valence-corrected chi connectivity index (χ1v) is 6.35. The molecule has 4 heteroatoms. The zero-order chi connectivity index (χ0) is 12.3. The molecule has 0 aliphatic carbocycles. The lowest BCUT2D eigenvalue weighted by atomic mass is 10.2. The lowest BCUT2D eigenvalue weighted by Crippen LogP contribution is -2.47. The molecule has 1 aromatic rings. The van der Waals surface area contributed by atoms with Gasteiger partial charge in [0.2, 0.25) is 0 Å². The monoisotopic (exact) mass is 234 g/mol. The van der Waals surface area contributed by atoms with Crippen LogP contribution in [0.4, 0.5) is 11.6 Å². The molecule has 17 heavy (non-hydrogen) atoms. The Morgan fingerprint density at radius 1 is 1.24 bits per heavy atom. The van der Waals surface area contributed by atoms with Crippen molar-refractivity contribution in [2.75, 3.05) is 43.4 Å². The summed E-state index contributed by atoms with van der Waals surface area (Å²) in [5.41, 5.74) is 5.71. The fourth-order valence-corrected chi connectivity index (χ4v) is 2.29. The van der Waals surface area contributed by atoms with Crippen LogP contribution in [0, 0.1) is 5.92 Å². The molecular weight excluding hydrogens is 212 g/mol. The predicted octanol–water partition coefficient (Wildman–Crippen LogP) is 1.44. The minimum Gasteiger partial charge on any atom is -0.384 e. The summed E-state index contributed by atoms with van der Waals surface area (Å²) in [7, 11) is 0. The molecule has 1 fully saturated rings. The van der Waals surface area contributed by atoms with E-state index in [2.05, 4.69) is 28.6 Å². The Labute approximate surface area is 103 Å². The number of anilines is 2. The van der Waals surface area contributed by atoms with Crippen LogP contribution in [0.25, 0.3) is 0 Å². The molecule has 2 heterocycles. The highest BCUT2D eigenvalue weighted by molar-refractivity contribution is 5.45. The second kappa shape index (κ2) is 5.36. The number of hydrogen-bond acceptors (Lipinski definition) is 4. The van der Waals surface area contributed by atoms with Crippen molar-refractivity contribution in [3.63, 3.8) is 0 Å². The first-order valence-electron chi connectivity index (χ1n) is 6.35. The lowest BCUT2D eigenvalue weighted by molar-refractivity contribution is 0.231. The molecule has 0 radical (unpaired) electrons. The summed E-state index contributed by atoms with van der Waals surface area (Å²) in [6.45, 7) is 10.1. The Hall–Kier alpha value is -1.29. The van der Waals surface area contributed by atoms with Gasteiger partial charge in [0.1, 0.15) is 11.6 Å². The van der Waals surface area contributed by atoms with Gasteiger partial charge in [0.05, 0.1) is 0 Å². The van der Waals surface area contributed by atoms with Crippen molar-refractivity contribution >= 4 is 11.6 Å². The third-order valence-corrected chi connectivity index (χ3v) is 3.08. The topological polar surface area (TPSA) is 45.4 Å². The van der Waals surface area contributed by atoms with Crippen molar-refractivity contribution in [2.24, 2.45) is 5.92 Å². The average Bonchev–Trinajstić information content (AvgIpc) is 2.29. The predicted molar refractivity (Wildman–Crippen MR) is 72.1 cm³/mol. The molecule has 0 spiro atoms. The second-order valence-corrected chi connectivity index (χ2v) is 5.10. The number of aromatic nitrogens is 1. The Bertz CT molecular complexity index is 356. The van der Waals surface area contributed by atoms with Crippen LogP contribution in [-0.2, 0) is 0 Å². The molecule has 1 aliphatic heterocycles. The maximum Gasteiger partial charge on any atom is 0.131 e. The number of hydrogen-bond donors (Lipinski definition) is 1. The number of piperazine rings is 1. The summed E-state index contributed by atoms with van der Waals surface area (Å²) in [5.74, 6) is 2.35. The summed E-state index contributed by atoms with van der Waals surface area (Å²) in [6, 6.07) is 5.84. The molecule has 0 aromatic carbocycles. The fourth-order valence-electron chi connectivity index (χ4n) is 2.29. The molecule has 0 unspecified atom stereocenters. The van der Waals surface area contributed by atoms with Gasteiger partial charge in [-0.3, -0.25) is 4.90 Å². The minimum absolute atomic E-state index is 0.604. The Balaban J connectivity index is 1.91. The van der Waals surface area contributed by atoms with Crippen LogP contribution in [-0.4, -0.2) is 42.6 Å². The van der Waals surface area contributed by atoms with E-state index in [1.165, 1.54) is 6.54 Å². The van der Waals surface area contributed by atoms with Crippen LogP contribution >= 0.6 is 0 Å². The SMILES string of the molecule is CC(C)CN1CCN(c2cccc(N)n2)CC1. The highest BCUT2D eigenvalue weighted by Gasteiger charge is 2.18. The number of rotatable bonds is 3. The highest BCUT2D eigenvalue weighted by atomic mass is 15.3. The summed E-state index contributed by atoms with van der Waals surface area (Å²) < 4.78 is 0. The van der Waals surface area contributed by atoms with E-state index in [0.29, 0.717) is 5.82 Å². The summed E-state index contributed by atoms with van der Waals surface area (Å²) in [4.78, 5) is 9.20. The molecule has 0 amide bonds. The first-order chi connectivity index (χ1) is 8.15. The Morgan fingerprint density at radius 2 is 1.94 bits per heavy atom. The molecule has 1 aromatic heterocycles. The quantitative estimate of drug-likeness (QED) is 0.859. The number of nitrogen functional groups attached to an aromatic ring is 1. The van der Waals surface area contributed by atoms with Crippen molar-refractivity contribution in [2.45, 2.75) is 13.8 Å². The van der Waals surface area contributed by atoms with E-state index in [1.807, 2.05) is 18.2 Å². The van der Waals surface area contributed by atoms with Crippen LogP contribution < -0.4 is 10.6 Å². The van der Waals surface area contributed by atoms with Crippen molar-refractivity contribution < 1.29 is 0 Å². The van der Waals surface area contributed by atoms with Gasteiger partial charge in [-0.05, 0) is 18.1 Å². The molecule has 2 rings (SSSR count). The van der Waals surface area contributed by atoms with Crippen molar-refractivity contribution in [1.29, 1.82) is 0 Å². The standard InChI is InChI=1S/C13H22N4/c1-11(2)10-16-6-8-17(9-7-16)13-5-3-4-12(14)15-13/h3-5,11H,6-10H2,1-2H3,(H2,14,15). The molecular formula is C13H22N4. The van der Waals surface area contributed by atoms with Gasteiger partial charge in [-0.25, -0.2) is 4.98 Å². The fraction of sp³-hybridized carbons (Fsp3) is 0.615. The van der Waals surface area contributed by atoms with E-state index in [0.717, 1.165) is 37.9 Å². The van der Waals surface area contributed by atoms with Crippen LogP contribution in [0.1, 0.15) is 13.8 Å². The molecule has 1 aliphatic rings. The molecule has 0 atom stereocenters. The first kappa shape index (κ1) is 12.2. The average molecular weight is 234 g/mol. The highest BCUT2D eigenvalue weighted by Crippen LogP contribution is 2.15. The van der Waals surface area contributed by atoms with Gasteiger partial charge in [-0.15, -0.1) is 0 Å². The Kier molecular flexibility index (Phi) is 3.84. The minimum atomic E-state index is 0.604. The summed E-state index contributed by atoms with van der Waals surface area (Å²) in [5, 5.41) is 0. The summed E-state index contributed by atoms with van der Waals surface area (Å²) in [6.07, 6.45) is 0. The van der Waals surface area contributed by atoms with E-state index < -0.39 is 0 Å². The van der Waals surface area contributed by atoms with Gasteiger partial charge < -0.3 is 10.6 Å². The maximum atomic E-state index is 5.71. The van der Waals surface area contributed by atoms with E-state index in [9.17, 15) is 0 Å². The zero-order valence-electron chi connectivity index (χ0n) is 10.8. The van der Waals surface area contributed by atoms with Crippen LogP contribution in [0.3, 0.4) is 0 Å².